The van der Waals surface area contributed by atoms with Gasteiger partial charge in [-0.25, -0.2) is 4.79 Å². The minimum atomic E-state index is -0.909. The summed E-state index contributed by atoms with van der Waals surface area (Å²) in [5.74, 6) is -0.312. The Morgan fingerprint density at radius 2 is 2.07 bits per heavy atom. The van der Waals surface area contributed by atoms with Gasteiger partial charge >= 0.3 is 5.97 Å². The molecule has 2 aliphatic rings. The molecule has 8 nitrogen and oxygen atoms in total. The summed E-state index contributed by atoms with van der Waals surface area (Å²) >= 11 is 0. The number of unbranched alkanes of at least 4 members (excludes halogenated alkanes) is 1. The summed E-state index contributed by atoms with van der Waals surface area (Å²) in [4.78, 5) is 23.2. The summed E-state index contributed by atoms with van der Waals surface area (Å²) in [5.41, 5.74) is 11.4. The van der Waals surface area contributed by atoms with Gasteiger partial charge in [0, 0.05) is 31.7 Å². The quantitative estimate of drug-likeness (QED) is 0.303. The number of aliphatic carboxylic acids is 1. The van der Waals surface area contributed by atoms with E-state index in [2.05, 4.69) is 34.4 Å². The average molecular weight is 419 g/mol. The summed E-state index contributed by atoms with van der Waals surface area (Å²) in [6, 6.07) is 8.39. The molecule has 3 rings (SSSR count). The molecule has 2 unspecified atom stereocenters. The zero-order valence-corrected chi connectivity index (χ0v) is 17.8. The number of nitrogens with two attached hydrogens (primary N) is 1. The van der Waals surface area contributed by atoms with Crippen molar-refractivity contribution in [2.24, 2.45) is 10.7 Å². The molecule has 2 heterocycles. The first-order valence-electron chi connectivity index (χ1n) is 10.9. The van der Waals surface area contributed by atoms with Crippen LogP contribution in [-0.4, -0.2) is 66.8 Å². The second-order valence-corrected chi connectivity index (χ2v) is 8.09. The van der Waals surface area contributed by atoms with Crippen molar-refractivity contribution in [3.05, 3.63) is 35.4 Å². The number of hydroxylamine groups is 1. The highest BCUT2D eigenvalue weighted by Gasteiger charge is 2.30. The molecule has 2 atom stereocenters. The lowest BCUT2D eigenvalue weighted by Crippen LogP contribution is -2.41. The van der Waals surface area contributed by atoms with Gasteiger partial charge in [-0.1, -0.05) is 37.6 Å². The van der Waals surface area contributed by atoms with Crippen molar-refractivity contribution in [2.75, 3.05) is 32.8 Å². The lowest BCUT2D eigenvalue weighted by atomic mass is 10.00. The molecule has 2 aliphatic heterocycles. The number of carboxylic acid groups (broad SMARTS) is 1. The van der Waals surface area contributed by atoms with E-state index >= 15 is 0 Å². The summed E-state index contributed by atoms with van der Waals surface area (Å²) < 4.78 is 5.40. The smallest absolute Gasteiger partial charge is 0.329 e. The van der Waals surface area contributed by atoms with Crippen LogP contribution in [0.5, 0.6) is 0 Å². The van der Waals surface area contributed by atoms with Gasteiger partial charge in [0.15, 0.2) is 0 Å². The van der Waals surface area contributed by atoms with Crippen molar-refractivity contribution < 1.29 is 19.5 Å². The Morgan fingerprint density at radius 1 is 1.33 bits per heavy atom. The average Bonchev–Trinajstić information content (AvgIpc) is 3.22. The van der Waals surface area contributed by atoms with Gasteiger partial charge in [0.05, 0.1) is 18.2 Å². The van der Waals surface area contributed by atoms with Crippen LogP contribution in [0.25, 0.3) is 0 Å². The van der Waals surface area contributed by atoms with Crippen molar-refractivity contribution in [1.82, 2.24) is 10.4 Å². The van der Waals surface area contributed by atoms with E-state index in [1.165, 1.54) is 5.56 Å². The van der Waals surface area contributed by atoms with Gasteiger partial charge in [-0.2, -0.15) is 5.48 Å². The molecule has 4 N–H and O–H groups in total. The van der Waals surface area contributed by atoms with E-state index in [1.54, 1.807) is 0 Å². The Balaban J connectivity index is 1.42. The first-order chi connectivity index (χ1) is 14.5. The van der Waals surface area contributed by atoms with E-state index < -0.39 is 5.97 Å². The lowest BCUT2D eigenvalue weighted by Gasteiger charge is -2.32. The fraction of sp³-hybridized carbons (Fsp3) is 0.636. The number of carbonyl (C=O) groups is 1. The molecule has 1 aromatic carbocycles. The second kappa shape index (κ2) is 11.4. The highest BCUT2D eigenvalue weighted by atomic mass is 16.7. The number of ether oxygens (including phenoxy) is 1. The van der Waals surface area contributed by atoms with E-state index in [0.29, 0.717) is 5.84 Å². The van der Waals surface area contributed by atoms with Crippen LogP contribution in [0.2, 0.25) is 0 Å². The highest BCUT2D eigenvalue weighted by molar-refractivity contribution is 5.97. The Kier molecular flexibility index (Phi) is 8.62. The van der Waals surface area contributed by atoms with E-state index in [-0.39, 0.29) is 24.9 Å². The fourth-order valence-electron chi connectivity index (χ4n) is 3.92. The molecule has 2 saturated heterocycles. The third kappa shape index (κ3) is 6.77. The summed E-state index contributed by atoms with van der Waals surface area (Å²) in [5, 5.41) is 8.72. The first-order valence-corrected chi connectivity index (χ1v) is 10.9. The maximum atomic E-state index is 10.6. The van der Waals surface area contributed by atoms with Gasteiger partial charge in [0.2, 0.25) is 0 Å². The topological polar surface area (TPSA) is 109 Å². The minimum absolute atomic E-state index is 0.0455. The predicted octanol–water partition coefficient (Wildman–Crippen LogP) is 2.09. The van der Waals surface area contributed by atoms with Gasteiger partial charge in [0.1, 0.15) is 12.4 Å². The number of hydrogen-bond donors (Lipinski definition) is 3. The molecule has 0 spiro atoms. The van der Waals surface area contributed by atoms with Crippen LogP contribution in [0.15, 0.2) is 29.3 Å². The summed E-state index contributed by atoms with van der Waals surface area (Å²) in [7, 11) is 0. The lowest BCUT2D eigenvalue weighted by molar-refractivity contribution is -0.145. The van der Waals surface area contributed by atoms with Gasteiger partial charge in [-0.15, -0.1) is 0 Å². The molecule has 8 heteroatoms. The Labute approximate surface area is 178 Å². The first kappa shape index (κ1) is 22.7. The molecule has 0 bridgehead atoms. The van der Waals surface area contributed by atoms with Crippen LogP contribution in [0.3, 0.4) is 0 Å². The maximum absolute atomic E-state index is 10.6. The molecule has 166 valence electrons. The van der Waals surface area contributed by atoms with Crippen LogP contribution in [0.1, 0.15) is 56.2 Å². The Morgan fingerprint density at radius 3 is 2.73 bits per heavy atom. The van der Waals surface area contributed by atoms with Crippen molar-refractivity contribution >= 4 is 11.8 Å². The number of benzene rings is 1. The number of rotatable bonds is 10. The van der Waals surface area contributed by atoms with Crippen molar-refractivity contribution in [2.45, 2.75) is 57.3 Å². The number of piperidine rings is 1. The number of hydrogen-bond acceptors (Lipinski definition) is 6. The van der Waals surface area contributed by atoms with Gasteiger partial charge in [-0.3, -0.25) is 9.83 Å². The third-order valence-electron chi connectivity index (χ3n) is 5.72. The van der Waals surface area contributed by atoms with E-state index in [9.17, 15) is 4.79 Å². The van der Waals surface area contributed by atoms with Crippen LogP contribution < -0.4 is 11.2 Å². The Hall–Kier alpha value is -2.00. The van der Waals surface area contributed by atoms with Crippen LogP contribution in [0.4, 0.5) is 0 Å². The molecule has 0 amide bonds. The Bertz CT molecular complexity index is 702. The predicted molar refractivity (Wildman–Crippen MR) is 115 cm³/mol. The van der Waals surface area contributed by atoms with Gasteiger partial charge in [-0.05, 0) is 31.2 Å². The number of amidine groups is 1. The molecule has 0 aliphatic carbocycles. The molecular weight excluding hydrogens is 384 g/mol. The zero-order valence-electron chi connectivity index (χ0n) is 17.8. The highest BCUT2D eigenvalue weighted by Crippen LogP contribution is 2.27. The van der Waals surface area contributed by atoms with Crippen LogP contribution in [-0.2, 0) is 14.4 Å². The summed E-state index contributed by atoms with van der Waals surface area (Å²) in [6.45, 7) is 5.37. The monoisotopic (exact) mass is 418 g/mol. The normalized spacial score (nSPS) is 23.7. The fourth-order valence-corrected chi connectivity index (χ4v) is 3.92. The van der Waals surface area contributed by atoms with Crippen molar-refractivity contribution in [3.63, 3.8) is 0 Å². The van der Waals surface area contributed by atoms with Crippen molar-refractivity contribution in [1.29, 1.82) is 0 Å². The van der Waals surface area contributed by atoms with E-state index in [0.717, 1.165) is 63.8 Å². The molecule has 2 fully saturated rings. The summed E-state index contributed by atoms with van der Waals surface area (Å²) in [6.07, 6.45) is 4.97. The third-order valence-corrected chi connectivity index (χ3v) is 5.72. The zero-order chi connectivity index (χ0) is 21.3. The van der Waals surface area contributed by atoms with Gasteiger partial charge in [0.25, 0.3) is 0 Å². The molecule has 0 radical (unpaired) electrons. The molecule has 30 heavy (non-hydrogen) atoms. The molecule has 0 aromatic heterocycles. The SMILES string of the molecule is CCCCN=C(N)c1ccc(C2CC(CN3CCC(OCC(=O)O)CC3)ON2)cc1. The maximum Gasteiger partial charge on any atom is 0.329 e. The number of aliphatic imine (C=N–C) groups is 1. The molecule has 1 aromatic rings. The number of carboxylic acids is 1. The van der Waals surface area contributed by atoms with E-state index in [1.807, 2.05) is 12.1 Å². The largest absolute Gasteiger partial charge is 0.480 e. The van der Waals surface area contributed by atoms with E-state index in [4.69, 9.17) is 20.4 Å². The van der Waals surface area contributed by atoms with Crippen LogP contribution >= 0.6 is 0 Å². The number of nitrogens with one attached hydrogen (secondary N) is 1. The molecule has 0 saturated carbocycles. The minimum Gasteiger partial charge on any atom is -0.480 e. The number of nitrogens with zero attached hydrogens (tertiary/aromatic N) is 2. The van der Waals surface area contributed by atoms with Crippen LogP contribution in [0, 0.1) is 0 Å². The number of likely N-dealkylation sites (tertiary alicyclic amines) is 1. The molecular formula is C22H34N4O4. The van der Waals surface area contributed by atoms with Crippen molar-refractivity contribution in [3.8, 4) is 0 Å². The van der Waals surface area contributed by atoms with Gasteiger partial charge < -0.3 is 20.5 Å². The second-order valence-electron chi connectivity index (χ2n) is 8.09. The standard InChI is InChI=1S/C22H34N4O4/c1-2-3-10-24-22(23)17-6-4-16(5-7-17)20-13-19(30-25-20)14-26-11-8-18(9-12-26)29-15-21(27)28/h4-7,18-20,25H,2-3,8-15H2,1H3,(H2,23,24)(H,27,28).